The zero-order chi connectivity index (χ0) is 52.2. The maximum absolute atomic E-state index is 12.5. The van der Waals surface area contributed by atoms with Crippen molar-refractivity contribution in [2.45, 2.75) is 386 Å². The van der Waals surface area contributed by atoms with E-state index in [0.717, 1.165) is 38.5 Å². The Labute approximate surface area is 450 Å². The van der Waals surface area contributed by atoms with Crippen molar-refractivity contribution in [2.75, 3.05) is 13.2 Å². The minimum Gasteiger partial charge on any atom is -0.466 e. The molecular weight excluding hydrogens is 887 g/mol. The Balaban J connectivity index is 3.34. The molecule has 0 aromatic heterocycles. The van der Waals surface area contributed by atoms with Crippen molar-refractivity contribution >= 4 is 11.9 Å². The van der Waals surface area contributed by atoms with Crippen molar-refractivity contribution in [1.82, 2.24) is 5.32 Å². The third kappa shape index (κ3) is 57.9. The summed E-state index contributed by atoms with van der Waals surface area (Å²) in [6, 6.07) is -0.625. The molecule has 6 heteroatoms. The number of hydrogen-bond acceptors (Lipinski definition) is 5. The van der Waals surface area contributed by atoms with E-state index in [1.807, 2.05) is 6.08 Å². The lowest BCUT2D eigenvalue weighted by Gasteiger charge is -2.20. The van der Waals surface area contributed by atoms with Crippen LogP contribution >= 0.6 is 0 Å². The molecule has 0 heterocycles. The Kier molecular flexibility index (Phi) is 60.9. The highest BCUT2D eigenvalue weighted by Gasteiger charge is 2.18. The van der Waals surface area contributed by atoms with Gasteiger partial charge in [-0.05, 0) is 32.1 Å². The molecule has 0 aromatic rings. The first-order valence-electron chi connectivity index (χ1n) is 33.0. The van der Waals surface area contributed by atoms with Crippen LogP contribution in [0.2, 0.25) is 0 Å². The molecule has 0 fully saturated rings. The number of carbonyl (C=O) groups excluding carboxylic acids is 2. The molecule has 0 aromatic carbocycles. The van der Waals surface area contributed by atoms with Crippen LogP contribution in [-0.4, -0.2) is 47.4 Å². The third-order valence-corrected chi connectivity index (χ3v) is 15.6. The summed E-state index contributed by atoms with van der Waals surface area (Å²) in [5.74, 6) is -0.0439. The summed E-state index contributed by atoms with van der Waals surface area (Å²) >= 11 is 0. The molecule has 0 bridgehead atoms. The number of aliphatic hydroxyl groups excluding tert-OH is 2. The number of carbonyl (C=O) groups is 2. The minimum absolute atomic E-state index is 0.0206. The number of allylic oxidation sites excluding steroid dienone is 1. The summed E-state index contributed by atoms with van der Waals surface area (Å²) in [6.45, 7) is 4.93. The average molecular weight is 1020 g/mol. The molecule has 1 amide bonds. The highest BCUT2D eigenvalue weighted by molar-refractivity contribution is 5.76. The van der Waals surface area contributed by atoms with Gasteiger partial charge in [-0.2, -0.15) is 0 Å². The van der Waals surface area contributed by atoms with E-state index in [1.165, 1.54) is 308 Å². The Morgan fingerprint density at radius 2 is 0.639 bits per heavy atom. The molecular formula is C66H129NO5. The summed E-state index contributed by atoms with van der Waals surface area (Å²) in [6.07, 6.45) is 75.6. The van der Waals surface area contributed by atoms with E-state index in [-0.39, 0.29) is 18.5 Å². The van der Waals surface area contributed by atoms with Crippen molar-refractivity contribution in [2.24, 2.45) is 0 Å². The summed E-state index contributed by atoms with van der Waals surface area (Å²) in [4.78, 5) is 24.5. The largest absolute Gasteiger partial charge is 0.466 e. The van der Waals surface area contributed by atoms with Crippen molar-refractivity contribution in [3.8, 4) is 0 Å². The number of esters is 1. The first-order chi connectivity index (χ1) is 35.5. The van der Waals surface area contributed by atoms with Crippen LogP contribution in [0.4, 0.5) is 0 Å². The molecule has 0 aliphatic heterocycles. The Hall–Kier alpha value is -1.40. The fraction of sp³-hybridized carbons (Fsp3) is 0.939. The first kappa shape index (κ1) is 70.6. The van der Waals surface area contributed by atoms with E-state index >= 15 is 0 Å². The van der Waals surface area contributed by atoms with Gasteiger partial charge in [-0.1, -0.05) is 341 Å². The molecule has 0 rings (SSSR count). The van der Waals surface area contributed by atoms with Gasteiger partial charge in [-0.25, -0.2) is 0 Å². The van der Waals surface area contributed by atoms with Crippen molar-refractivity contribution < 1.29 is 24.5 Å². The molecule has 0 spiro atoms. The van der Waals surface area contributed by atoms with Crippen LogP contribution in [0.15, 0.2) is 12.2 Å². The average Bonchev–Trinajstić information content (AvgIpc) is 3.38. The van der Waals surface area contributed by atoms with Crippen LogP contribution in [0.25, 0.3) is 0 Å². The lowest BCUT2D eigenvalue weighted by Crippen LogP contribution is -2.45. The highest BCUT2D eigenvalue weighted by atomic mass is 16.5. The van der Waals surface area contributed by atoms with Crippen LogP contribution in [0, 0.1) is 0 Å². The van der Waals surface area contributed by atoms with Gasteiger partial charge in [0.05, 0.1) is 25.4 Å². The first-order valence-corrected chi connectivity index (χ1v) is 33.0. The zero-order valence-corrected chi connectivity index (χ0v) is 48.9. The number of rotatable bonds is 62. The molecule has 2 unspecified atom stereocenters. The fourth-order valence-corrected chi connectivity index (χ4v) is 10.5. The number of ether oxygens (including phenoxy) is 1. The quantitative estimate of drug-likeness (QED) is 0.0320. The maximum Gasteiger partial charge on any atom is 0.305 e. The molecule has 0 radical (unpaired) electrons. The van der Waals surface area contributed by atoms with Crippen LogP contribution in [0.1, 0.15) is 373 Å². The van der Waals surface area contributed by atoms with Crippen LogP contribution in [0.3, 0.4) is 0 Å². The standard InChI is InChI=1S/C66H129NO5/c1-3-5-7-9-11-13-15-17-18-28-32-36-40-44-48-52-56-60-66(71)72-61-57-53-49-45-41-37-33-30-27-25-23-21-19-20-22-24-26-29-31-35-39-43-47-51-55-59-65(70)67-63(62-68)64(69)58-54-50-46-42-38-34-16-14-12-10-8-6-4-2/h54,58,63-64,68-69H,3-53,55-57,59-62H2,1-2H3,(H,67,70)/b58-54+. The van der Waals surface area contributed by atoms with Crippen molar-refractivity contribution in [3.63, 3.8) is 0 Å². The van der Waals surface area contributed by atoms with Gasteiger partial charge in [0.1, 0.15) is 0 Å². The molecule has 428 valence electrons. The van der Waals surface area contributed by atoms with Gasteiger partial charge in [0.25, 0.3) is 0 Å². The zero-order valence-electron chi connectivity index (χ0n) is 48.9. The van der Waals surface area contributed by atoms with Crippen LogP contribution < -0.4 is 5.32 Å². The van der Waals surface area contributed by atoms with E-state index in [2.05, 4.69) is 19.2 Å². The van der Waals surface area contributed by atoms with E-state index in [1.54, 1.807) is 6.08 Å². The Morgan fingerprint density at radius 1 is 0.375 bits per heavy atom. The highest BCUT2D eigenvalue weighted by Crippen LogP contribution is 2.19. The predicted molar refractivity (Wildman–Crippen MR) is 315 cm³/mol. The molecule has 3 N–H and O–H groups in total. The summed E-state index contributed by atoms with van der Waals surface area (Å²) < 4.78 is 5.50. The van der Waals surface area contributed by atoms with Gasteiger partial charge in [0, 0.05) is 12.8 Å². The third-order valence-electron chi connectivity index (χ3n) is 15.6. The molecule has 2 atom stereocenters. The summed E-state index contributed by atoms with van der Waals surface area (Å²) in [7, 11) is 0. The SMILES string of the molecule is CCCCCCCCCCCCC/C=C/C(O)C(CO)NC(=O)CCCCCCCCCCCCCCCCCCCCCCCCCCCOC(=O)CCCCCCCCCCCCCCCCCCC. The van der Waals surface area contributed by atoms with Crippen molar-refractivity contribution in [1.29, 1.82) is 0 Å². The number of amides is 1. The number of nitrogens with one attached hydrogen (secondary N) is 1. The molecule has 6 nitrogen and oxygen atoms in total. The lowest BCUT2D eigenvalue weighted by molar-refractivity contribution is -0.143. The van der Waals surface area contributed by atoms with Gasteiger partial charge in [0.2, 0.25) is 5.91 Å². The van der Waals surface area contributed by atoms with Gasteiger partial charge in [-0.3, -0.25) is 9.59 Å². The summed E-state index contributed by atoms with van der Waals surface area (Å²) in [5, 5.41) is 23.1. The van der Waals surface area contributed by atoms with Gasteiger partial charge < -0.3 is 20.3 Å². The second-order valence-electron chi connectivity index (χ2n) is 22.8. The number of hydrogen-bond donors (Lipinski definition) is 3. The predicted octanol–water partition coefficient (Wildman–Crippen LogP) is 20.8. The van der Waals surface area contributed by atoms with Gasteiger partial charge >= 0.3 is 5.97 Å². The van der Waals surface area contributed by atoms with E-state index < -0.39 is 12.1 Å². The fourth-order valence-electron chi connectivity index (χ4n) is 10.5. The van der Waals surface area contributed by atoms with Crippen molar-refractivity contribution in [3.05, 3.63) is 12.2 Å². The van der Waals surface area contributed by atoms with Crippen LogP contribution in [0.5, 0.6) is 0 Å². The van der Waals surface area contributed by atoms with E-state index in [4.69, 9.17) is 4.74 Å². The summed E-state index contributed by atoms with van der Waals surface area (Å²) in [5.41, 5.74) is 0. The Bertz CT molecular complexity index is 1080. The van der Waals surface area contributed by atoms with Crippen LogP contribution in [-0.2, 0) is 14.3 Å². The molecule has 0 aliphatic carbocycles. The molecule has 0 saturated heterocycles. The number of unbranched alkanes of at least 4 members (excludes halogenated alkanes) is 51. The second kappa shape index (κ2) is 62.1. The Morgan fingerprint density at radius 3 is 0.944 bits per heavy atom. The van der Waals surface area contributed by atoms with Gasteiger partial charge in [0.15, 0.2) is 0 Å². The normalized spacial score (nSPS) is 12.6. The lowest BCUT2D eigenvalue weighted by atomic mass is 10.0. The molecule has 72 heavy (non-hydrogen) atoms. The van der Waals surface area contributed by atoms with E-state index in [9.17, 15) is 19.8 Å². The molecule has 0 aliphatic rings. The second-order valence-corrected chi connectivity index (χ2v) is 22.8. The monoisotopic (exact) mass is 1020 g/mol. The minimum atomic E-state index is -0.841. The smallest absolute Gasteiger partial charge is 0.305 e. The topological polar surface area (TPSA) is 95.9 Å². The molecule has 0 saturated carbocycles. The van der Waals surface area contributed by atoms with Gasteiger partial charge in [-0.15, -0.1) is 0 Å². The van der Waals surface area contributed by atoms with E-state index in [0.29, 0.717) is 19.4 Å². The maximum atomic E-state index is 12.5. The number of aliphatic hydroxyl groups is 2.